The van der Waals surface area contributed by atoms with Crippen LogP contribution in [-0.2, 0) is 0 Å². The van der Waals surface area contributed by atoms with Gasteiger partial charge in [0.2, 0.25) is 0 Å². The third-order valence-electron chi connectivity index (χ3n) is 3.88. The Morgan fingerprint density at radius 1 is 1.07 bits per heavy atom. The van der Waals surface area contributed by atoms with E-state index in [0.717, 1.165) is 5.92 Å². The van der Waals surface area contributed by atoms with E-state index in [1.807, 2.05) is 0 Å². The molecule has 3 aliphatic rings. The van der Waals surface area contributed by atoms with Crippen molar-refractivity contribution in [3.05, 3.63) is 48.0 Å². The molecule has 1 saturated heterocycles. The summed E-state index contributed by atoms with van der Waals surface area (Å²) in [7, 11) is 2.26. The lowest BCUT2D eigenvalue weighted by Crippen LogP contribution is -2.44. The van der Waals surface area contributed by atoms with Crippen molar-refractivity contribution in [2.75, 3.05) is 7.05 Å². The summed E-state index contributed by atoms with van der Waals surface area (Å²) >= 11 is 0. The van der Waals surface area contributed by atoms with E-state index in [4.69, 9.17) is 0 Å². The van der Waals surface area contributed by atoms with E-state index in [-0.39, 0.29) is 0 Å². The van der Waals surface area contributed by atoms with Crippen LogP contribution in [0.15, 0.2) is 42.5 Å². The first kappa shape index (κ1) is 9.17. The van der Waals surface area contributed by atoms with E-state index in [1.165, 1.54) is 18.4 Å². The van der Waals surface area contributed by atoms with Gasteiger partial charge in [-0.25, -0.2) is 0 Å². The number of likely N-dealkylation sites (N-methyl/N-ethyl adjacent to an activating group) is 1. The van der Waals surface area contributed by atoms with E-state index in [0.29, 0.717) is 12.1 Å². The molecular formula is C14H17N. The zero-order valence-corrected chi connectivity index (χ0v) is 9.13. The van der Waals surface area contributed by atoms with Crippen LogP contribution in [-0.4, -0.2) is 18.0 Å². The summed E-state index contributed by atoms with van der Waals surface area (Å²) in [6.07, 6.45) is 7.49. The summed E-state index contributed by atoms with van der Waals surface area (Å²) in [5, 5.41) is 0. The van der Waals surface area contributed by atoms with Gasteiger partial charge in [0.15, 0.2) is 0 Å². The maximum Gasteiger partial charge on any atom is 0.0413 e. The maximum absolute atomic E-state index is 2.53. The molecule has 2 heterocycles. The Hall–Kier alpha value is -1.08. The lowest BCUT2D eigenvalue weighted by Gasteiger charge is -2.46. The van der Waals surface area contributed by atoms with Crippen LogP contribution < -0.4 is 0 Å². The van der Waals surface area contributed by atoms with Crippen molar-refractivity contribution in [2.45, 2.75) is 24.9 Å². The summed E-state index contributed by atoms with van der Waals surface area (Å²) < 4.78 is 0. The third-order valence-corrected chi connectivity index (χ3v) is 3.88. The van der Waals surface area contributed by atoms with Gasteiger partial charge in [-0.3, -0.25) is 4.90 Å². The fourth-order valence-corrected chi connectivity index (χ4v) is 3.07. The quantitative estimate of drug-likeness (QED) is 0.628. The molecule has 1 unspecified atom stereocenters. The summed E-state index contributed by atoms with van der Waals surface area (Å²) in [5.41, 5.74) is 1.47. The fourth-order valence-electron chi connectivity index (χ4n) is 3.07. The SMILES string of the molecule is CN1C(c2ccccc2)[C@@H]2C=C[C@H]1CC2. The predicted molar refractivity (Wildman–Crippen MR) is 62.6 cm³/mol. The molecule has 1 heteroatoms. The Morgan fingerprint density at radius 2 is 1.87 bits per heavy atom. The number of benzene rings is 1. The number of rotatable bonds is 1. The van der Waals surface area contributed by atoms with Crippen LogP contribution in [0.25, 0.3) is 0 Å². The van der Waals surface area contributed by atoms with Crippen LogP contribution in [0.1, 0.15) is 24.4 Å². The van der Waals surface area contributed by atoms with Crippen LogP contribution in [0.2, 0.25) is 0 Å². The van der Waals surface area contributed by atoms with Gasteiger partial charge in [0.25, 0.3) is 0 Å². The van der Waals surface area contributed by atoms with Crippen molar-refractivity contribution >= 4 is 0 Å². The first-order chi connectivity index (χ1) is 7.36. The standard InChI is InChI=1S/C14H17N/c1-15-13-9-7-12(8-10-13)14(15)11-5-3-2-4-6-11/h2-7,9,12-14H,8,10H2,1H3/t12-,13+,14?/m1/s1. The molecule has 1 nitrogen and oxygen atoms in total. The van der Waals surface area contributed by atoms with Crippen molar-refractivity contribution in [3.8, 4) is 0 Å². The number of nitrogens with zero attached hydrogens (tertiary/aromatic N) is 1. The fraction of sp³-hybridized carbons (Fsp3) is 0.429. The molecule has 1 aromatic rings. The van der Waals surface area contributed by atoms with Gasteiger partial charge in [0.05, 0.1) is 0 Å². The molecule has 0 N–H and O–H groups in total. The summed E-state index contributed by atoms with van der Waals surface area (Å²) in [4.78, 5) is 2.53. The zero-order chi connectivity index (χ0) is 10.3. The van der Waals surface area contributed by atoms with Gasteiger partial charge in [-0.05, 0) is 31.4 Å². The summed E-state index contributed by atoms with van der Waals surface area (Å²) in [6.45, 7) is 0. The number of fused-ring (bicyclic) bond motifs is 2. The van der Waals surface area contributed by atoms with Gasteiger partial charge in [-0.15, -0.1) is 0 Å². The second-order valence-corrected chi connectivity index (χ2v) is 4.71. The number of hydrogen-bond acceptors (Lipinski definition) is 1. The van der Waals surface area contributed by atoms with Crippen molar-refractivity contribution < 1.29 is 0 Å². The number of hydrogen-bond donors (Lipinski definition) is 0. The van der Waals surface area contributed by atoms with Crippen molar-refractivity contribution in [3.63, 3.8) is 0 Å². The highest BCUT2D eigenvalue weighted by Crippen LogP contribution is 2.42. The lowest BCUT2D eigenvalue weighted by molar-refractivity contribution is 0.0926. The molecule has 78 valence electrons. The predicted octanol–water partition coefficient (Wildman–Crippen LogP) is 3.01. The normalized spacial score (nSPS) is 34.6. The van der Waals surface area contributed by atoms with E-state index >= 15 is 0 Å². The molecule has 0 amide bonds. The van der Waals surface area contributed by atoms with Crippen LogP contribution in [0, 0.1) is 5.92 Å². The number of piperidine rings is 1. The monoisotopic (exact) mass is 199 g/mol. The van der Waals surface area contributed by atoms with Gasteiger partial charge in [0, 0.05) is 12.1 Å². The van der Waals surface area contributed by atoms with Crippen LogP contribution in [0.4, 0.5) is 0 Å². The van der Waals surface area contributed by atoms with Crippen molar-refractivity contribution in [1.82, 2.24) is 4.90 Å². The van der Waals surface area contributed by atoms with Gasteiger partial charge in [-0.2, -0.15) is 0 Å². The van der Waals surface area contributed by atoms with Crippen LogP contribution >= 0.6 is 0 Å². The van der Waals surface area contributed by atoms with Crippen molar-refractivity contribution in [2.24, 2.45) is 5.92 Å². The first-order valence-corrected chi connectivity index (χ1v) is 5.81. The second-order valence-electron chi connectivity index (χ2n) is 4.71. The van der Waals surface area contributed by atoms with Gasteiger partial charge >= 0.3 is 0 Å². The van der Waals surface area contributed by atoms with E-state index in [9.17, 15) is 0 Å². The molecule has 1 aliphatic carbocycles. The van der Waals surface area contributed by atoms with Crippen molar-refractivity contribution in [1.29, 1.82) is 0 Å². The van der Waals surface area contributed by atoms with Crippen LogP contribution in [0.5, 0.6) is 0 Å². The van der Waals surface area contributed by atoms with E-state index in [2.05, 4.69) is 54.4 Å². The largest absolute Gasteiger partial charge is 0.292 e. The molecular weight excluding hydrogens is 182 g/mol. The first-order valence-electron chi connectivity index (χ1n) is 5.81. The molecule has 15 heavy (non-hydrogen) atoms. The zero-order valence-electron chi connectivity index (χ0n) is 9.13. The molecule has 0 aromatic heterocycles. The van der Waals surface area contributed by atoms with E-state index in [1.54, 1.807) is 0 Å². The Bertz CT molecular complexity index is 368. The smallest absolute Gasteiger partial charge is 0.0413 e. The molecule has 0 saturated carbocycles. The van der Waals surface area contributed by atoms with Gasteiger partial charge in [0.1, 0.15) is 0 Å². The Balaban J connectivity index is 1.97. The minimum atomic E-state index is 0.606. The summed E-state index contributed by atoms with van der Waals surface area (Å²) in [6, 6.07) is 12.2. The molecule has 4 rings (SSSR count). The molecule has 2 aliphatic heterocycles. The minimum absolute atomic E-state index is 0.606. The molecule has 0 spiro atoms. The lowest BCUT2D eigenvalue weighted by atomic mass is 9.77. The van der Waals surface area contributed by atoms with Gasteiger partial charge in [-0.1, -0.05) is 42.5 Å². The Labute approximate surface area is 91.4 Å². The average molecular weight is 199 g/mol. The van der Waals surface area contributed by atoms with E-state index < -0.39 is 0 Å². The topological polar surface area (TPSA) is 3.24 Å². The summed E-state index contributed by atoms with van der Waals surface area (Å²) in [5.74, 6) is 0.724. The Kier molecular flexibility index (Phi) is 2.14. The Morgan fingerprint density at radius 3 is 2.47 bits per heavy atom. The third kappa shape index (κ3) is 1.42. The maximum atomic E-state index is 2.53. The van der Waals surface area contributed by atoms with Crippen LogP contribution in [0.3, 0.4) is 0 Å². The minimum Gasteiger partial charge on any atom is -0.292 e. The average Bonchev–Trinajstić information content (AvgIpc) is 2.31. The molecule has 0 radical (unpaired) electrons. The molecule has 1 fully saturated rings. The molecule has 2 bridgehead atoms. The van der Waals surface area contributed by atoms with Gasteiger partial charge < -0.3 is 0 Å². The highest BCUT2D eigenvalue weighted by Gasteiger charge is 2.36. The highest BCUT2D eigenvalue weighted by atomic mass is 15.2. The molecule has 3 atom stereocenters. The molecule has 1 aromatic carbocycles. The second kappa shape index (κ2) is 3.49. The highest BCUT2D eigenvalue weighted by molar-refractivity contribution is 5.25.